The second kappa shape index (κ2) is 5.47. The largest absolute Gasteiger partial charge is 0.416 e. The Bertz CT molecular complexity index is 663. The number of rotatable bonds is 1. The quantitative estimate of drug-likeness (QED) is 0.511. The Morgan fingerprint density at radius 2 is 1.55 bits per heavy atom. The van der Waals surface area contributed by atoms with E-state index in [1.165, 1.54) is 19.1 Å². The summed E-state index contributed by atoms with van der Waals surface area (Å²) in [5, 5.41) is 0.700. The number of aryl methyl sites for hydroxylation is 1. The smallest absolute Gasteiger partial charge is 0.166 e. The van der Waals surface area contributed by atoms with E-state index in [9.17, 15) is 13.2 Å². The number of halogens is 6. The van der Waals surface area contributed by atoms with Gasteiger partial charge in [-0.2, -0.15) is 13.2 Å². The molecule has 6 heteroatoms. The van der Waals surface area contributed by atoms with Gasteiger partial charge in [0.15, 0.2) is 0 Å². The molecule has 0 aliphatic heterocycles. The molecular weight excluding hydrogens is 332 g/mol. The zero-order valence-electron chi connectivity index (χ0n) is 10.2. The topological polar surface area (TPSA) is 0 Å². The van der Waals surface area contributed by atoms with Crippen LogP contribution in [-0.4, -0.2) is 0 Å². The first-order chi connectivity index (χ1) is 9.21. The maximum Gasteiger partial charge on any atom is 0.416 e. The molecule has 0 saturated carbocycles. The minimum absolute atomic E-state index is 0.122. The van der Waals surface area contributed by atoms with Crippen LogP contribution < -0.4 is 0 Å². The van der Waals surface area contributed by atoms with E-state index in [4.69, 9.17) is 34.8 Å². The number of benzene rings is 2. The first-order valence-corrected chi connectivity index (χ1v) is 6.67. The average Bonchev–Trinajstić information content (AvgIpc) is 2.34. The van der Waals surface area contributed by atoms with Crippen molar-refractivity contribution in [2.45, 2.75) is 13.1 Å². The molecule has 0 radical (unpaired) electrons. The van der Waals surface area contributed by atoms with Crippen LogP contribution in [0.2, 0.25) is 15.1 Å². The summed E-state index contributed by atoms with van der Waals surface area (Å²) in [6.45, 7) is 1.40. The first kappa shape index (κ1) is 15.5. The molecule has 0 bridgehead atoms. The van der Waals surface area contributed by atoms with Crippen LogP contribution in [0.5, 0.6) is 0 Å². The van der Waals surface area contributed by atoms with E-state index in [0.29, 0.717) is 16.1 Å². The van der Waals surface area contributed by atoms with Crippen molar-refractivity contribution in [1.29, 1.82) is 0 Å². The van der Waals surface area contributed by atoms with Gasteiger partial charge in [-0.05, 0) is 30.2 Å². The van der Waals surface area contributed by atoms with Crippen molar-refractivity contribution in [3.8, 4) is 11.1 Å². The molecule has 0 fully saturated rings. The van der Waals surface area contributed by atoms with Crippen molar-refractivity contribution in [2.24, 2.45) is 0 Å². The molecule has 0 amide bonds. The standard InChI is InChI=1S/C14H8Cl3F3/c1-7-6-8(2-4-10(7)14(18,19)20)9-3-5-11(15)13(17)12(9)16/h2-6H,1H3. The van der Waals surface area contributed by atoms with Crippen molar-refractivity contribution >= 4 is 34.8 Å². The molecule has 0 unspecified atom stereocenters. The molecule has 0 saturated heterocycles. The van der Waals surface area contributed by atoms with Crippen LogP contribution in [0.3, 0.4) is 0 Å². The van der Waals surface area contributed by atoms with Gasteiger partial charge in [-0.3, -0.25) is 0 Å². The third kappa shape index (κ3) is 2.90. The zero-order valence-corrected chi connectivity index (χ0v) is 12.4. The Kier molecular flexibility index (Phi) is 4.24. The van der Waals surface area contributed by atoms with Crippen LogP contribution in [0, 0.1) is 6.92 Å². The lowest BCUT2D eigenvalue weighted by molar-refractivity contribution is -0.138. The number of hydrogen-bond donors (Lipinski definition) is 0. The summed E-state index contributed by atoms with van der Waals surface area (Å²) in [6.07, 6.45) is -4.37. The second-order valence-corrected chi connectivity index (χ2v) is 5.41. The average molecular weight is 340 g/mol. The zero-order chi connectivity index (χ0) is 15.1. The van der Waals surface area contributed by atoms with Crippen molar-refractivity contribution < 1.29 is 13.2 Å². The fourth-order valence-corrected chi connectivity index (χ4v) is 2.54. The minimum Gasteiger partial charge on any atom is -0.166 e. The minimum atomic E-state index is -4.37. The third-order valence-corrected chi connectivity index (χ3v) is 4.17. The predicted molar refractivity (Wildman–Crippen MR) is 76.6 cm³/mol. The molecule has 2 rings (SSSR count). The number of alkyl halides is 3. The SMILES string of the molecule is Cc1cc(-c2ccc(Cl)c(Cl)c2Cl)ccc1C(F)(F)F. The molecule has 106 valence electrons. The van der Waals surface area contributed by atoms with Gasteiger partial charge in [0.05, 0.1) is 20.6 Å². The van der Waals surface area contributed by atoms with Gasteiger partial charge >= 0.3 is 6.18 Å². The molecule has 0 heterocycles. The van der Waals surface area contributed by atoms with Crippen molar-refractivity contribution in [1.82, 2.24) is 0 Å². The fraction of sp³-hybridized carbons (Fsp3) is 0.143. The van der Waals surface area contributed by atoms with E-state index in [2.05, 4.69) is 0 Å². The van der Waals surface area contributed by atoms with Crippen molar-refractivity contribution in [3.63, 3.8) is 0 Å². The van der Waals surface area contributed by atoms with E-state index in [0.717, 1.165) is 6.07 Å². The Balaban J connectivity index is 2.56. The second-order valence-electron chi connectivity index (χ2n) is 4.25. The predicted octanol–water partition coefficient (Wildman–Crippen LogP) is 6.64. The summed E-state index contributed by atoms with van der Waals surface area (Å²) in [4.78, 5) is 0. The van der Waals surface area contributed by atoms with Gasteiger partial charge < -0.3 is 0 Å². The monoisotopic (exact) mass is 338 g/mol. The Hall–Kier alpha value is -0.900. The third-order valence-electron chi connectivity index (χ3n) is 2.88. The highest BCUT2D eigenvalue weighted by molar-refractivity contribution is 6.49. The van der Waals surface area contributed by atoms with Gasteiger partial charge in [0.25, 0.3) is 0 Å². The molecule has 2 aromatic rings. The molecule has 0 aromatic heterocycles. The molecule has 0 spiro atoms. The Morgan fingerprint density at radius 3 is 2.10 bits per heavy atom. The lowest BCUT2D eigenvalue weighted by Crippen LogP contribution is -2.07. The molecular formula is C14H8Cl3F3. The van der Waals surface area contributed by atoms with E-state index in [1.54, 1.807) is 12.1 Å². The summed E-state index contributed by atoms with van der Waals surface area (Å²) >= 11 is 17.8. The lowest BCUT2D eigenvalue weighted by Gasteiger charge is -2.13. The molecule has 0 N–H and O–H groups in total. The lowest BCUT2D eigenvalue weighted by atomic mass is 9.99. The fourth-order valence-electron chi connectivity index (χ4n) is 1.90. The van der Waals surface area contributed by atoms with Crippen LogP contribution in [0.1, 0.15) is 11.1 Å². The molecule has 0 aliphatic carbocycles. The molecule has 0 atom stereocenters. The Morgan fingerprint density at radius 1 is 0.900 bits per heavy atom. The number of hydrogen-bond acceptors (Lipinski definition) is 0. The van der Waals surface area contributed by atoms with Gasteiger partial charge in [-0.1, -0.05) is 53.0 Å². The summed E-state index contributed by atoms with van der Waals surface area (Å²) in [5.74, 6) is 0. The summed E-state index contributed by atoms with van der Waals surface area (Å²) in [7, 11) is 0. The van der Waals surface area contributed by atoms with E-state index >= 15 is 0 Å². The van der Waals surface area contributed by atoms with Gasteiger partial charge in [0.2, 0.25) is 0 Å². The summed E-state index contributed by atoms with van der Waals surface area (Å²) in [5.41, 5.74) is 0.548. The van der Waals surface area contributed by atoms with Gasteiger partial charge in [0.1, 0.15) is 0 Å². The van der Waals surface area contributed by atoms with Crippen LogP contribution in [0.15, 0.2) is 30.3 Å². The van der Waals surface area contributed by atoms with Crippen molar-refractivity contribution in [2.75, 3.05) is 0 Å². The highest BCUT2D eigenvalue weighted by Crippen LogP contribution is 2.40. The molecule has 0 aliphatic rings. The van der Waals surface area contributed by atoms with Crippen LogP contribution in [0.4, 0.5) is 13.2 Å². The molecule has 0 nitrogen and oxygen atoms in total. The highest BCUT2D eigenvalue weighted by atomic mass is 35.5. The highest BCUT2D eigenvalue weighted by Gasteiger charge is 2.32. The summed E-state index contributed by atoms with van der Waals surface area (Å²) in [6, 6.07) is 7.00. The van der Waals surface area contributed by atoms with Crippen LogP contribution >= 0.6 is 34.8 Å². The normalized spacial score (nSPS) is 11.8. The van der Waals surface area contributed by atoms with Gasteiger partial charge in [0, 0.05) is 5.56 Å². The van der Waals surface area contributed by atoms with E-state index < -0.39 is 11.7 Å². The first-order valence-electron chi connectivity index (χ1n) is 5.53. The van der Waals surface area contributed by atoms with Crippen molar-refractivity contribution in [3.05, 3.63) is 56.5 Å². The molecule has 20 heavy (non-hydrogen) atoms. The van der Waals surface area contributed by atoms with Crippen LogP contribution in [-0.2, 0) is 6.18 Å². The maximum absolute atomic E-state index is 12.7. The van der Waals surface area contributed by atoms with Gasteiger partial charge in [-0.25, -0.2) is 0 Å². The maximum atomic E-state index is 12.7. The van der Waals surface area contributed by atoms with Gasteiger partial charge in [-0.15, -0.1) is 0 Å². The van der Waals surface area contributed by atoms with E-state index in [1.807, 2.05) is 0 Å². The van der Waals surface area contributed by atoms with E-state index in [-0.39, 0.29) is 15.6 Å². The summed E-state index contributed by atoms with van der Waals surface area (Å²) < 4.78 is 38.1. The Labute approximate surface area is 129 Å². The molecule has 2 aromatic carbocycles. The van der Waals surface area contributed by atoms with Crippen LogP contribution in [0.25, 0.3) is 11.1 Å².